The average Bonchev–Trinajstić information content (AvgIpc) is 3.05. The number of rotatable bonds is 8. The molecule has 0 bridgehead atoms. The third kappa shape index (κ3) is 4.72. The quantitative estimate of drug-likeness (QED) is 0.474. The summed E-state index contributed by atoms with van der Waals surface area (Å²) in [5.41, 5.74) is -1.37. The van der Waals surface area contributed by atoms with E-state index >= 15 is 0 Å². The van der Waals surface area contributed by atoms with E-state index in [2.05, 4.69) is 16.7 Å². The molecule has 0 spiro atoms. The van der Waals surface area contributed by atoms with E-state index in [-0.39, 0.29) is 23.5 Å². The summed E-state index contributed by atoms with van der Waals surface area (Å²) >= 11 is 5.87. The van der Waals surface area contributed by atoms with Crippen molar-refractivity contribution in [3.05, 3.63) is 51.7 Å². The van der Waals surface area contributed by atoms with Crippen LogP contribution >= 0.6 is 11.6 Å². The number of aromatic amines is 1. The van der Waals surface area contributed by atoms with Crippen LogP contribution in [-0.4, -0.2) is 43.8 Å². The SMILES string of the molecule is C=Nc1[nH]cc(C(=O)c2c(F)ccc(NS(=O)(=O)N(C)CC)c2F)c1/C=C(\C)Cl. The third-order valence-corrected chi connectivity index (χ3v) is 5.72. The van der Waals surface area contributed by atoms with Crippen LogP contribution in [0.3, 0.4) is 0 Å². The highest BCUT2D eigenvalue weighted by atomic mass is 35.5. The monoisotopic (exact) mass is 444 g/mol. The third-order valence-electron chi connectivity index (χ3n) is 4.06. The molecule has 156 valence electrons. The predicted octanol–water partition coefficient (Wildman–Crippen LogP) is 4.06. The molecule has 1 aromatic carbocycles. The second-order valence-corrected chi connectivity index (χ2v) is 8.36. The Morgan fingerprint density at radius 3 is 2.62 bits per heavy atom. The maximum absolute atomic E-state index is 15.0. The molecule has 1 aromatic heterocycles. The number of nitrogens with one attached hydrogen (secondary N) is 2. The Balaban J connectivity index is 2.60. The molecule has 0 aliphatic carbocycles. The van der Waals surface area contributed by atoms with Crippen LogP contribution in [0.25, 0.3) is 6.08 Å². The number of ketones is 1. The van der Waals surface area contributed by atoms with Crippen LogP contribution in [0.4, 0.5) is 20.3 Å². The highest BCUT2D eigenvalue weighted by Gasteiger charge is 2.27. The van der Waals surface area contributed by atoms with Gasteiger partial charge in [0.05, 0.1) is 11.3 Å². The molecule has 0 aliphatic rings. The highest BCUT2D eigenvalue weighted by molar-refractivity contribution is 7.90. The number of aliphatic imine (C=N–C) groups is 1. The number of benzene rings is 1. The maximum atomic E-state index is 15.0. The number of hydrogen-bond acceptors (Lipinski definition) is 4. The van der Waals surface area contributed by atoms with Crippen molar-refractivity contribution in [2.24, 2.45) is 4.99 Å². The van der Waals surface area contributed by atoms with E-state index in [1.165, 1.54) is 19.3 Å². The average molecular weight is 445 g/mol. The second kappa shape index (κ2) is 8.85. The first-order valence-corrected chi connectivity index (χ1v) is 10.1. The number of hydrogen-bond donors (Lipinski definition) is 2. The van der Waals surface area contributed by atoms with Crippen molar-refractivity contribution in [3.8, 4) is 0 Å². The van der Waals surface area contributed by atoms with Gasteiger partial charge in [-0.05, 0) is 31.9 Å². The normalized spacial score (nSPS) is 12.3. The Hall–Kier alpha value is -2.56. The summed E-state index contributed by atoms with van der Waals surface area (Å²) in [7, 11) is -2.79. The zero-order valence-corrected chi connectivity index (χ0v) is 17.5. The molecule has 0 fully saturated rings. The summed E-state index contributed by atoms with van der Waals surface area (Å²) in [5, 5.41) is 0.300. The van der Waals surface area contributed by atoms with Gasteiger partial charge in [-0.1, -0.05) is 18.5 Å². The summed E-state index contributed by atoms with van der Waals surface area (Å²) in [6, 6.07) is 1.71. The molecule has 2 aromatic rings. The van der Waals surface area contributed by atoms with Gasteiger partial charge in [0.1, 0.15) is 11.6 Å². The van der Waals surface area contributed by atoms with Crippen molar-refractivity contribution in [1.82, 2.24) is 9.29 Å². The molecule has 0 unspecified atom stereocenters. The number of carbonyl (C=O) groups is 1. The molecule has 1 heterocycles. The molecule has 0 saturated carbocycles. The Morgan fingerprint density at radius 1 is 1.41 bits per heavy atom. The standard InChI is InChI=1S/C18H19ClF2N4O3S/c1-5-25(4)29(27,28)24-14-7-6-13(20)15(16(14)21)17(26)12-9-23-18(22-3)11(12)8-10(2)19/h6-9,23-24H,3,5H2,1-2,4H3/b10-8+. The van der Waals surface area contributed by atoms with Crippen molar-refractivity contribution in [2.75, 3.05) is 18.3 Å². The van der Waals surface area contributed by atoms with Crippen molar-refractivity contribution in [2.45, 2.75) is 13.8 Å². The maximum Gasteiger partial charge on any atom is 0.301 e. The van der Waals surface area contributed by atoms with E-state index < -0.39 is 38.9 Å². The lowest BCUT2D eigenvalue weighted by atomic mass is 10.00. The first kappa shape index (κ1) is 22.7. The smallest absolute Gasteiger partial charge is 0.301 e. The molecule has 0 amide bonds. The topological polar surface area (TPSA) is 94.6 Å². The Bertz CT molecular complexity index is 1090. The van der Waals surface area contributed by atoms with Crippen LogP contribution in [0.5, 0.6) is 0 Å². The van der Waals surface area contributed by atoms with E-state index in [9.17, 15) is 22.0 Å². The lowest BCUT2D eigenvalue weighted by Crippen LogP contribution is -2.32. The number of aromatic nitrogens is 1. The number of anilines is 1. The molecule has 2 N–H and O–H groups in total. The zero-order valence-electron chi connectivity index (χ0n) is 15.9. The van der Waals surface area contributed by atoms with Gasteiger partial charge in [0.15, 0.2) is 5.82 Å². The molecule has 29 heavy (non-hydrogen) atoms. The van der Waals surface area contributed by atoms with Crippen molar-refractivity contribution < 1.29 is 22.0 Å². The Kier molecular flexibility index (Phi) is 6.93. The van der Waals surface area contributed by atoms with Crippen LogP contribution in [0.15, 0.2) is 28.4 Å². The molecule has 7 nitrogen and oxygen atoms in total. The number of nitrogens with zero attached hydrogens (tertiary/aromatic N) is 2. The Labute approximate surface area is 172 Å². The van der Waals surface area contributed by atoms with Crippen LogP contribution in [-0.2, 0) is 10.2 Å². The Morgan fingerprint density at radius 2 is 2.07 bits per heavy atom. The highest BCUT2D eigenvalue weighted by Crippen LogP contribution is 2.30. The summed E-state index contributed by atoms with van der Waals surface area (Å²) in [5.74, 6) is -3.31. The molecule has 11 heteroatoms. The van der Waals surface area contributed by atoms with E-state index in [0.717, 1.165) is 16.4 Å². The fraction of sp³-hybridized carbons (Fsp3) is 0.222. The number of H-pyrrole nitrogens is 1. The van der Waals surface area contributed by atoms with E-state index in [0.29, 0.717) is 5.03 Å². The minimum Gasteiger partial charge on any atom is -0.345 e. The number of carbonyl (C=O) groups excluding carboxylic acids is 1. The van der Waals surface area contributed by atoms with Gasteiger partial charge in [0.2, 0.25) is 5.78 Å². The van der Waals surface area contributed by atoms with Gasteiger partial charge in [-0.2, -0.15) is 12.7 Å². The van der Waals surface area contributed by atoms with Gasteiger partial charge >= 0.3 is 10.2 Å². The van der Waals surface area contributed by atoms with E-state index in [1.807, 2.05) is 4.72 Å². The summed E-state index contributed by atoms with van der Waals surface area (Å²) in [6.45, 7) is 6.62. The summed E-state index contributed by atoms with van der Waals surface area (Å²) in [4.78, 5) is 19.3. The number of halogens is 3. The molecular formula is C18H19ClF2N4O3S. The van der Waals surface area contributed by atoms with Crippen LogP contribution in [0, 0.1) is 11.6 Å². The summed E-state index contributed by atoms with van der Waals surface area (Å²) in [6.07, 6.45) is 2.62. The minimum absolute atomic E-state index is 0.101. The fourth-order valence-corrected chi connectivity index (χ4v) is 3.49. The lowest BCUT2D eigenvalue weighted by Gasteiger charge is -2.17. The van der Waals surface area contributed by atoms with Crippen molar-refractivity contribution in [3.63, 3.8) is 0 Å². The van der Waals surface area contributed by atoms with Gasteiger partial charge in [-0.25, -0.2) is 13.8 Å². The van der Waals surface area contributed by atoms with Crippen LogP contribution < -0.4 is 4.72 Å². The van der Waals surface area contributed by atoms with Gasteiger partial charge in [-0.3, -0.25) is 9.52 Å². The van der Waals surface area contributed by atoms with Gasteiger partial charge < -0.3 is 4.98 Å². The van der Waals surface area contributed by atoms with Crippen molar-refractivity contribution in [1.29, 1.82) is 0 Å². The van der Waals surface area contributed by atoms with Gasteiger partial charge in [0.25, 0.3) is 0 Å². The van der Waals surface area contributed by atoms with E-state index in [4.69, 9.17) is 11.6 Å². The second-order valence-electron chi connectivity index (χ2n) is 5.99. The van der Waals surface area contributed by atoms with Gasteiger partial charge in [0, 0.05) is 35.9 Å². The number of allylic oxidation sites excluding steroid dienone is 1. The zero-order chi connectivity index (χ0) is 21.9. The molecule has 0 aliphatic heterocycles. The lowest BCUT2D eigenvalue weighted by molar-refractivity contribution is 0.103. The van der Waals surface area contributed by atoms with Crippen LogP contribution in [0.1, 0.15) is 35.3 Å². The van der Waals surface area contributed by atoms with E-state index in [1.54, 1.807) is 13.8 Å². The molecule has 0 radical (unpaired) electrons. The van der Waals surface area contributed by atoms with Crippen LogP contribution in [0.2, 0.25) is 0 Å². The first-order chi connectivity index (χ1) is 13.5. The minimum atomic E-state index is -4.08. The van der Waals surface area contributed by atoms with Gasteiger partial charge in [-0.15, -0.1) is 0 Å². The largest absolute Gasteiger partial charge is 0.345 e. The molecular weight excluding hydrogens is 426 g/mol. The molecule has 2 rings (SSSR count). The molecule has 0 atom stereocenters. The first-order valence-electron chi connectivity index (χ1n) is 8.32. The fourth-order valence-electron chi connectivity index (χ4n) is 2.45. The predicted molar refractivity (Wildman–Crippen MR) is 110 cm³/mol. The molecule has 0 saturated heterocycles. The van der Waals surface area contributed by atoms with Crippen molar-refractivity contribution >= 4 is 51.9 Å². The summed E-state index contributed by atoms with van der Waals surface area (Å²) < 4.78 is 56.6.